The molecule has 1 aromatic rings. The van der Waals surface area contributed by atoms with Crippen LogP contribution in [0.25, 0.3) is 0 Å². The first-order chi connectivity index (χ1) is 6.42. The lowest BCUT2D eigenvalue weighted by molar-refractivity contribution is 0.382. The van der Waals surface area contributed by atoms with Crippen molar-refractivity contribution in [3.05, 3.63) is 11.3 Å². The molecule has 0 radical (unpaired) electrons. The van der Waals surface area contributed by atoms with E-state index in [2.05, 4.69) is 10.1 Å². The smallest absolute Gasteiger partial charge is 0.242 e. The van der Waals surface area contributed by atoms with Crippen LogP contribution in [0.3, 0.4) is 0 Å². The van der Waals surface area contributed by atoms with E-state index in [0.717, 1.165) is 37.0 Å². The number of rotatable bonds is 1. The van der Waals surface area contributed by atoms with E-state index < -0.39 is 0 Å². The van der Waals surface area contributed by atoms with Crippen LogP contribution in [0.2, 0.25) is 0 Å². The molecule has 1 heterocycles. The van der Waals surface area contributed by atoms with Crippen LogP contribution in [-0.4, -0.2) is 11.2 Å². The topological polar surface area (TPSA) is 55.5 Å². The van der Waals surface area contributed by atoms with Crippen molar-refractivity contribution in [2.45, 2.75) is 32.1 Å². The minimum atomic E-state index is 0.423. The monoisotopic (exact) mass is 178 g/mol. The summed E-state index contributed by atoms with van der Waals surface area (Å²) in [6, 6.07) is 0. The lowest BCUT2D eigenvalue weighted by Gasteiger charge is -1.91. The maximum Gasteiger partial charge on any atom is 0.242 e. The molecule has 4 nitrogen and oxygen atoms in total. The molecule has 0 spiro atoms. The van der Waals surface area contributed by atoms with E-state index in [9.17, 15) is 4.79 Å². The van der Waals surface area contributed by atoms with Crippen molar-refractivity contribution in [2.75, 3.05) is 0 Å². The van der Waals surface area contributed by atoms with E-state index in [0.29, 0.717) is 5.82 Å². The molecule has 0 aliphatic heterocycles. The molecule has 0 fully saturated rings. The first kappa shape index (κ1) is 8.20. The first-order valence-corrected chi connectivity index (χ1v) is 4.47. The second-order valence-electron chi connectivity index (χ2n) is 3.17. The number of nitrogens with zero attached hydrogens (tertiary/aromatic N) is 2. The molecule has 0 N–H and O–H groups in total. The molecule has 68 valence electrons. The van der Waals surface area contributed by atoms with Crippen LogP contribution in [0.15, 0.2) is 9.52 Å². The van der Waals surface area contributed by atoms with Crippen LogP contribution in [0.4, 0.5) is 5.82 Å². The molecular formula is C9H10N2O2. The van der Waals surface area contributed by atoms with Gasteiger partial charge in [0.25, 0.3) is 0 Å². The number of aryl methyl sites for hydroxylation is 1. The van der Waals surface area contributed by atoms with Gasteiger partial charge in [0, 0.05) is 12.0 Å². The van der Waals surface area contributed by atoms with Gasteiger partial charge >= 0.3 is 0 Å². The van der Waals surface area contributed by atoms with E-state index in [1.54, 1.807) is 0 Å². The Hall–Kier alpha value is -1.41. The largest absolute Gasteiger partial charge is 0.359 e. The zero-order valence-corrected chi connectivity index (χ0v) is 7.25. The van der Waals surface area contributed by atoms with Crippen molar-refractivity contribution in [1.29, 1.82) is 0 Å². The zero-order valence-electron chi connectivity index (χ0n) is 7.25. The summed E-state index contributed by atoms with van der Waals surface area (Å²) in [6.45, 7) is 0. The summed E-state index contributed by atoms with van der Waals surface area (Å²) in [4.78, 5) is 13.6. The Morgan fingerprint density at radius 1 is 1.31 bits per heavy atom. The maximum atomic E-state index is 10.1. The van der Waals surface area contributed by atoms with Crippen molar-refractivity contribution in [1.82, 2.24) is 5.16 Å². The number of hydrogen-bond acceptors (Lipinski definition) is 4. The Morgan fingerprint density at radius 2 is 2.15 bits per heavy atom. The van der Waals surface area contributed by atoms with Gasteiger partial charge in [-0.2, -0.15) is 0 Å². The Bertz CT molecular complexity index is 350. The van der Waals surface area contributed by atoms with Crippen molar-refractivity contribution < 1.29 is 9.32 Å². The molecule has 0 saturated carbocycles. The van der Waals surface area contributed by atoms with E-state index >= 15 is 0 Å². The lowest BCUT2D eigenvalue weighted by atomic mass is 10.1. The third-order valence-corrected chi connectivity index (χ3v) is 2.33. The number of fused-ring (bicyclic) bond motifs is 1. The van der Waals surface area contributed by atoms with Gasteiger partial charge in [0.2, 0.25) is 11.9 Å². The van der Waals surface area contributed by atoms with Gasteiger partial charge in [0.1, 0.15) is 5.76 Å². The lowest BCUT2D eigenvalue weighted by Crippen LogP contribution is -1.83. The third kappa shape index (κ3) is 1.53. The molecule has 0 aromatic carbocycles. The molecule has 0 unspecified atom stereocenters. The summed E-state index contributed by atoms with van der Waals surface area (Å²) >= 11 is 0. The SMILES string of the molecule is O=C=Nc1noc2c1CCCCC2. The number of carbonyl (C=O) groups excluding carboxylic acids is 1. The van der Waals surface area contributed by atoms with E-state index in [-0.39, 0.29) is 0 Å². The Balaban J connectivity index is 2.39. The molecular weight excluding hydrogens is 168 g/mol. The van der Waals surface area contributed by atoms with Gasteiger partial charge in [0.15, 0.2) is 0 Å². The van der Waals surface area contributed by atoms with Crippen LogP contribution < -0.4 is 0 Å². The van der Waals surface area contributed by atoms with Crippen molar-refractivity contribution in [2.24, 2.45) is 4.99 Å². The molecule has 0 saturated heterocycles. The van der Waals surface area contributed by atoms with E-state index in [4.69, 9.17) is 4.52 Å². The van der Waals surface area contributed by atoms with Crippen molar-refractivity contribution in [3.63, 3.8) is 0 Å². The third-order valence-electron chi connectivity index (χ3n) is 2.33. The minimum absolute atomic E-state index is 0.423. The number of hydrogen-bond donors (Lipinski definition) is 0. The predicted octanol–water partition coefficient (Wildman–Crippen LogP) is 1.91. The fourth-order valence-electron chi connectivity index (χ4n) is 1.68. The minimum Gasteiger partial charge on any atom is -0.359 e. The highest BCUT2D eigenvalue weighted by Gasteiger charge is 2.17. The van der Waals surface area contributed by atoms with Crippen molar-refractivity contribution >= 4 is 11.9 Å². The fraction of sp³-hybridized carbons (Fsp3) is 0.556. The first-order valence-electron chi connectivity index (χ1n) is 4.47. The van der Waals surface area contributed by atoms with Gasteiger partial charge in [-0.1, -0.05) is 11.6 Å². The summed E-state index contributed by atoms with van der Waals surface area (Å²) in [5.74, 6) is 1.32. The predicted molar refractivity (Wildman–Crippen MR) is 45.5 cm³/mol. The Morgan fingerprint density at radius 3 is 3.00 bits per heavy atom. The quantitative estimate of drug-likeness (QED) is 0.375. The molecule has 13 heavy (non-hydrogen) atoms. The molecule has 1 aromatic heterocycles. The molecule has 4 heteroatoms. The normalized spacial score (nSPS) is 15.7. The molecule has 0 amide bonds. The van der Waals surface area contributed by atoms with Crippen LogP contribution in [0.5, 0.6) is 0 Å². The standard InChI is InChI=1S/C9H10N2O2/c12-6-10-9-7-4-2-1-3-5-8(7)13-11-9/h1-5H2. The highest BCUT2D eigenvalue weighted by molar-refractivity contribution is 5.49. The molecule has 1 aliphatic carbocycles. The van der Waals surface area contributed by atoms with Gasteiger partial charge < -0.3 is 4.52 Å². The number of aromatic nitrogens is 1. The molecule has 2 rings (SSSR count). The summed E-state index contributed by atoms with van der Waals surface area (Å²) in [5, 5.41) is 3.73. The summed E-state index contributed by atoms with van der Waals surface area (Å²) < 4.78 is 5.10. The number of isocyanates is 1. The Labute approximate surface area is 75.6 Å². The number of aliphatic imine (C=N–C) groups is 1. The average Bonchev–Trinajstić information content (AvgIpc) is 2.38. The maximum absolute atomic E-state index is 10.1. The van der Waals surface area contributed by atoms with Gasteiger partial charge in [-0.25, -0.2) is 4.79 Å². The van der Waals surface area contributed by atoms with Gasteiger partial charge in [-0.3, -0.25) is 0 Å². The zero-order chi connectivity index (χ0) is 9.10. The molecule has 1 aliphatic rings. The highest BCUT2D eigenvalue weighted by Crippen LogP contribution is 2.27. The van der Waals surface area contributed by atoms with Gasteiger partial charge in [0.05, 0.1) is 0 Å². The van der Waals surface area contributed by atoms with E-state index in [1.807, 2.05) is 0 Å². The molecule has 0 bridgehead atoms. The van der Waals surface area contributed by atoms with Crippen LogP contribution in [0.1, 0.15) is 30.6 Å². The summed E-state index contributed by atoms with van der Waals surface area (Å²) in [5.41, 5.74) is 1.00. The van der Waals surface area contributed by atoms with Gasteiger partial charge in [-0.05, 0) is 19.3 Å². The summed E-state index contributed by atoms with van der Waals surface area (Å²) in [6.07, 6.45) is 6.78. The Kier molecular flexibility index (Phi) is 2.23. The fourth-order valence-corrected chi connectivity index (χ4v) is 1.68. The van der Waals surface area contributed by atoms with Crippen LogP contribution in [0, 0.1) is 0 Å². The molecule has 0 atom stereocenters. The average molecular weight is 178 g/mol. The highest BCUT2D eigenvalue weighted by atomic mass is 16.5. The van der Waals surface area contributed by atoms with Gasteiger partial charge in [-0.15, -0.1) is 4.99 Å². The second-order valence-corrected chi connectivity index (χ2v) is 3.17. The van der Waals surface area contributed by atoms with Crippen molar-refractivity contribution in [3.8, 4) is 0 Å². The van der Waals surface area contributed by atoms with Crippen LogP contribution in [-0.2, 0) is 17.6 Å². The van der Waals surface area contributed by atoms with E-state index in [1.165, 1.54) is 12.5 Å². The summed E-state index contributed by atoms with van der Waals surface area (Å²) in [7, 11) is 0. The van der Waals surface area contributed by atoms with Crippen LogP contribution >= 0.6 is 0 Å². The second kappa shape index (κ2) is 3.54.